The number of ketones is 1. The lowest BCUT2D eigenvalue weighted by Crippen LogP contribution is -2.71. The third-order valence-corrected chi connectivity index (χ3v) is 27.1. The fourth-order valence-corrected chi connectivity index (χ4v) is 19.9. The van der Waals surface area contributed by atoms with Crippen LogP contribution in [0.25, 0.3) is 0 Å². The highest BCUT2D eigenvalue weighted by Gasteiger charge is 2.73. The number of hydrogen-bond acceptors (Lipinski definition) is 21. The molecule has 14 unspecified atom stereocenters. The zero-order valence-corrected chi connectivity index (χ0v) is 78.9. The van der Waals surface area contributed by atoms with Gasteiger partial charge in [-0.25, -0.2) is 14.4 Å². The molecular weight excluding hydrogens is 1620 g/mol. The number of aliphatic hydroxyl groups excluding tert-OH is 1. The van der Waals surface area contributed by atoms with Crippen LogP contribution in [-0.2, 0) is 76.5 Å². The van der Waals surface area contributed by atoms with Gasteiger partial charge in [-0.15, -0.1) is 0 Å². The van der Waals surface area contributed by atoms with Gasteiger partial charge in [0.15, 0.2) is 5.78 Å². The summed E-state index contributed by atoms with van der Waals surface area (Å²) in [5, 5.41) is 48.6. The summed E-state index contributed by atoms with van der Waals surface area (Å²) in [6, 6.07) is -10.3. The van der Waals surface area contributed by atoms with Crippen LogP contribution in [0.5, 0.6) is 0 Å². The third kappa shape index (κ3) is 23.3. The van der Waals surface area contributed by atoms with Crippen molar-refractivity contribution in [3.05, 3.63) is 71.3 Å². The summed E-state index contributed by atoms with van der Waals surface area (Å²) in [4.78, 5) is 244. The predicted molar refractivity (Wildman–Crippen MR) is 469 cm³/mol. The summed E-state index contributed by atoms with van der Waals surface area (Å²) in [6.45, 7) is 31.7. The van der Waals surface area contributed by atoms with Gasteiger partial charge in [0.05, 0.1) is 35.8 Å². The number of ether oxygens (including phenoxy) is 3. The Labute approximate surface area is 743 Å². The van der Waals surface area contributed by atoms with Crippen LogP contribution in [0.15, 0.2) is 60.2 Å². The fraction of sp³-hybridized carbons (Fsp3) is 0.699. The number of allylic oxidation sites excluding steroid dienone is 6. The van der Waals surface area contributed by atoms with E-state index in [-0.39, 0.29) is 111 Å². The largest absolute Gasteiger partial charge is 0.511 e. The molecule has 33 heteroatoms. The summed E-state index contributed by atoms with van der Waals surface area (Å²) in [6.07, 6.45) is 0.748. The van der Waals surface area contributed by atoms with Crippen molar-refractivity contribution in [1.29, 1.82) is 0 Å². The van der Waals surface area contributed by atoms with E-state index < -0.39 is 220 Å². The van der Waals surface area contributed by atoms with Crippen molar-refractivity contribution >= 4 is 95.1 Å². The van der Waals surface area contributed by atoms with Gasteiger partial charge in [-0.1, -0.05) is 135 Å². The first-order valence-electron chi connectivity index (χ1n) is 44.4. The zero-order chi connectivity index (χ0) is 95.3. The first-order valence-corrected chi connectivity index (χ1v) is 44.4. The molecule has 126 heavy (non-hydrogen) atoms. The van der Waals surface area contributed by atoms with Crippen molar-refractivity contribution in [2.45, 2.75) is 293 Å². The number of amides is 11. The Kier molecular flexibility index (Phi) is 36.4. The molecule has 4 aliphatic carbocycles. The smallest absolute Gasteiger partial charge is 0.478 e. The highest BCUT2D eigenvalue weighted by atomic mass is 16.8. The Morgan fingerprint density at radius 2 is 1.10 bits per heavy atom. The Morgan fingerprint density at radius 1 is 0.595 bits per heavy atom. The summed E-state index contributed by atoms with van der Waals surface area (Å²) in [5.41, 5.74) is -6.18. The van der Waals surface area contributed by atoms with Crippen molar-refractivity contribution in [2.75, 3.05) is 55.9 Å². The van der Waals surface area contributed by atoms with Gasteiger partial charge in [-0.05, 0) is 175 Å². The average molecular weight is 1770 g/mol. The lowest BCUT2D eigenvalue weighted by atomic mass is 9.44. The monoisotopic (exact) mass is 1770 g/mol. The number of benzene rings is 1. The van der Waals surface area contributed by atoms with Gasteiger partial charge in [0.1, 0.15) is 72.8 Å². The number of nitrogens with zero attached hydrogens (tertiary/aromatic N) is 7. The minimum atomic E-state index is -2.30. The molecule has 0 bridgehead atoms. The lowest BCUT2D eigenvalue weighted by molar-refractivity contribution is -0.237. The number of carbonyl (C=O) groups is 16. The SMILES string of the molecule is C/C=C/C[C@](C)(C(OC(=O)OC(CC=O)OC(=O)c1ccc(C(=O)O)cc1)C1C(=O)NC(CC)C(=O)N(C)CC(=O)N(C)[C@@H](CC(C)C)C(=O)NC(C(C)C)C(=O)N(C)C(CC(C)C)C(=O)NC(C)C(=O)NC(C)C(=O)N(C)C(CC(C)C)C(=O)N(C)C(CC(C)C)C(=O)N(C)C(C(C)C)C(=O)N1C)[C@@]1(O)CCC2C3CCC4=CC(=O)C=C[C@]4(C)C3[C@@H](O)C[C@@]21C. The number of aromatic carboxylic acids is 1. The van der Waals surface area contributed by atoms with Gasteiger partial charge in [0.25, 0.3) is 6.29 Å². The van der Waals surface area contributed by atoms with Crippen LogP contribution in [-0.4, -0.2) is 285 Å². The molecule has 0 radical (unpaired) electrons. The molecule has 0 spiro atoms. The highest BCUT2D eigenvalue weighted by molar-refractivity contribution is 6.02. The number of aliphatic hydroxyl groups is 2. The first kappa shape index (κ1) is 105. The van der Waals surface area contributed by atoms with Crippen LogP contribution in [0.1, 0.15) is 229 Å². The highest BCUT2D eigenvalue weighted by Crippen LogP contribution is 2.71. The van der Waals surface area contributed by atoms with Crippen LogP contribution in [0.2, 0.25) is 0 Å². The number of likely N-dealkylation sites (N-methyl/N-ethyl adjacent to an activating group) is 7. The van der Waals surface area contributed by atoms with Crippen LogP contribution < -0.4 is 21.3 Å². The van der Waals surface area contributed by atoms with E-state index in [1.165, 1.54) is 97.8 Å². The van der Waals surface area contributed by atoms with E-state index in [0.29, 0.717) is 12.8 Å². The van der Waals surface area contributed by atoms with E-state index in [9.17, 15) is 63.3 Å². The number of rotatable bonds is 23. The Balaban J connectivity index is 1.66. The van der Waals surface area contributed by atoms with Crippen molar-refractivity contribution in [3.63, 3.8) is 0 Å². The molecule has 702 valence electrons. The number of carbonyl (C=O) groups excluding carboxylic acids is 15. The van der Waals surface area contributed by atoms with Crippen molar-refractivity contribution in [2.24, 2.45) is 69.5 Å². The second-order valence-electron chi connectivity index (χ2n) is 38.6. The molecule has 0 aromatic heterocycles. The van der Waals surface area contributed by atoms with Gasteiger partial charge in [0, 0.05) is 71.5 Å². The Morgan fingerprint density at radius 3 is 1.63 bits per heavy atom. The normalized spacial score (nSPS) is 30.3. The van der Waals surface area contributed by atoms with E-state index in [4.69, 9.17) is 14.2 Å². The maximum atomic E-state index is 16.9. The topological polar surface area (TPSA) is 432 Å². The summed E-state index contributed by atoms with van der Waals surface area (Å²) in [7, 11) is 9.30. The van der Waals surface area contributed by atoms with Crippen LogP contribution >= 0.6 is 0 Å². The molecular formula is C93H143N11O22. The lowest BCUT2D eigenvalue weighted by Gasteiger charge is -2.63. The third-order valence-electron chi connectivity index (χ3n) is 27.1. The number of aldehydes is 1. The van der Waals surface area contributed by atoms with E-state index in [0.717, 1.165) is 49.4 Å². The quantitative estimate of drug-likeness (QED) is 0.0245. The summed E-state index contributed by atoms with van der Waals surface area (Å²) < 4.78 is 18.1. The fourth-order valence-electron chi connectivity index (χ4n) is 19.9. The molecule has 4 fully saturated rings. The number of hydrogen-bond donors (Lipinski definition) is 7. The number of fused-ring (bicyclic) bond motifs is 5. The minimum absolute atomic E-state index is 0.0288. The molecule has 20 atom stereocenters. The van der Waals surface area contributed by atoms with Crippen molar-refractivity contribution in [3.8, 4) is 0 Å². The molecule has 33 nitrogen and oxygen atoms in total. The molecule has 5 aliphatic rings. The van der Waals surface area contributed by atoms with Gasteiger partial charge < -0.3 is 89.9 Å². The molecule has 7 N–H and O–H groups in total. The molecule has 11 amide bonds. The Hall–Kier alpha value is -9.92. The predicted octanol–water partition coefficient (Wildman–Crippen LogP) is 7.28. The summed E-state index contributed by atoms with van der Waals surface area (Å²) in [5.74, 6) is -15.9. The molecule has 1 aromatic rings. The maximum absolute atomic E-state index is 16.9. The van der Waals surface area contributed by atoms with E-state index in [1.54, 1.807) is 66.7 Å². The molecule has 1 aliphatic heterocycles. The van der Waals surface area contributed by atoms with Crippen molar-refractivity contribution < 1.29 is 106 Å². The second-order valence-corrected chi connectivity index (χ2v) is 38.6. The molecule has 6 rings (SSSR count). The van der Waals surface area contributed by atoms with Gasteiger partial charge in [0.2, 0.25) is 65.0 Å². The summed E-state index contributed by atoms with van der Waals surface area (Å²) >= 11 is 0. The van der Waals surface area contributed by atoms with E-state index in [1.807, 2.05) is 61.5 Å². The van der Waals surface area contributed by atoms with E-state index >= 15 is 28.8 Å². The molecule has 1 saturated heterocycles. The van der Waals surface area contributed by atoms with Gasteiger partial charge in [-0.3, -0.25) is 57.5 Å². The first-order chi connectivity index (χ1) is 58.6. The standard InChI is InChI=1S/C93H143N11O22/c1-27-29-39-91(18,93(123)41-37-63-62-35-34-60-47-61(106)36-40-90(60,17)72(62)69(107)48-92(63,93)19)76(126-89(122)125-71(38-42-105)124-88(121)59-32-30-58(31-33-59)87(119)120)75-80(112)96-64(28-2)82(114)98(20)49-70(108)99(21)65(43-50(3)4)79(111)97-73(54(11)12)85(117)100(22)66(44-51(5)6)78(110)94-56(15)77(109)95-57(16)81(113)101(23)67(45-52(7)8)83(115)102(24)68(46-53(9)10)84(116)103(25)74(55(13)14)86(118)104(75)26/h27,29-33,36,40,42,47,50-57,62-69,71-76,107,123H,28,34-35,37-39,41,43-46,48-49H2,1-26H3,(H,94,110)(H,95,109)(H,96,112)(H,97,111)(H,119,120)/b29-27+/t56?,57?,62?,63?,64?,65-,66?,67?,68?,69-,71?,72?,73?,74?,75?,76?,90-,91+,92-,93-/m0/s1. The minimum Gasteiger partial charge on any atom is -0.478 e. The zero-order valence-electron chi connectivity index (χ0n) is 78.9. The van der Waals surface area contributed by atoms with Crippen LogP contribution in [0.3, 0.4) is 0 Å². The number of esters is 1. The molecule has 1 aromatic carbocycles. The van der Waals surface area contributed by atoms with Crippen molar-refractivity contribution in [1.82, 2.24) is 55.6 Å². The molecule has 1 heterocycles. The molecule has 3 saturated carbocycles. The van der Waals surface area contributed by atoms with Crippen LogP contribution in [0.4, 0.5) is 4.79 Å². The maximum Gasteiger partial charge on any atom is 0.511 e. The number of carboxylic acid groups (broad SMARTS) is 1. The average Bonchev–Trinajstić information content (AvgIpc) is 1.47. The number of nitrogens with one attached hydrogen (secondary N) is 4. The second kappa shape index (κ2) is 43.7. The number of carboxylic acids is 1. The van der Waals surface area contributed by atoms with Crippen LogP contribution in [0, 0.1) is 69.5 Å². The van der Waals surface area contributed by atoms with E-state index in [2.05, 4.69) is 21.3 Å². The Bertz CT molecular complexity index is 4260. The van der Waals surface area contributed by atoms with Gasteiger partial charge in [-0.2, -0.15) is 0 Å². The van der Waals surface area contributed by atoms with Gasteiger partial charge >= 0.3 is 18.1 Å².